The van der Waals surface area contributed by atoms with Crippen molar-refractivity contribution < 1.29 is 28.8 Å². The molecule has 1 N–H and O–H groups in total. The fraction of sp³-hybridized carbons (Fsp3) is 0.353. The lowest BCUT2D eigenvalue weighted by Gasteiger charge is -2.37. The molecule has 1 saturated heterocycles. The van der Waals surface area contributed by atoms with Crippen molar-refractivity contribution >= 4 is 0 Å². The van der Waals surface area contributed by atoms with E-state index in [-0.39, 0.29) is 19.1 Å². The Morgan fingerprint density at radius 3 is 2.02 bits per heavy atom. The summed E-state index contributed by atoms with van der Waals surface area (Å²) < 4.78 is 31.1. The number of nitrogens with zero attached hydrogens (tertiary/aromatic N) is 2. The van der Waals surface area contributed by atoms with Gasteiger partial charge in [0.05, 0.1) is 33.0 Å². The molecule has 226 valence electrons. The minimum atomic E-state index is -1.06. The molecule has 0 amide bonds. The predicted octanol–water partition coefficient (Wildman–Crippen LogP) is 5.01. The van der Waals surface area contributed by atoms with Crippen LogP contribution in [0.2, 0.25) is 0 Å². The van der Waals surface area contributed by atoms with E-state index in [1.54, 1.807) is 20.4 Å². The highest BCUT2D eigenvalue weighted by molar-refractivity contribution is 5.49. The molecule has 3 aromatic carbocycles. The van der Waals surface area contributed by atoms with Gasteiger partial charge in [-0.3, -0.25) is 4.57 Å². The van der Waals surface area contributed by atoms with Gasteiger partial charge >= 0.3 is 5.69 Å². The number of ether oxygens (including phenoxy) is 5. The number of hydrogen-bond donors (Lipinski definition) is 1. The second-order valence-electron chi connectivity index (χ2n) is 10.8. The Kier molecular flexibility index (Phi) is 9.15. The Balaban J connectivity index is 1.49. The van der Waals surface area contributed by atoms with Crippen LogP contribution in [0, 0.1) is 6.92 Å². The fourth-order valence-corrected chi connectivity index (χ4v) is 5.42. The Morgan fingerprint density at radius 1 is 0.930 bits per heavy atom. The Morgan fingerprint density at radius 2 is 1.49 bits per heavy atom. The molecule has 2 heterocycles. The maximum absolute atomic E-state index is 12.9. The van der Waals surface area contributed by atoms with Crippen LogP contribution < -0.4 is 19.9 Å². The zero-order valence-corrected chi connectivity index (χ0v) is 25.1. The van der Waals surface area contributed by atoms with E-state index in [0.717, 1.165) is 28.2 Å². The number of benzene rings is 3. The first-order valence-electron chi connectivity index (χ1n) is 14.3. The molecule has 1 aromatic heterocycles. The molecule has 0 unspecified atom stereocenters. The van der Waals surface area contributed by atoms with E-state index in [9.17, 15) is 9.90 Å². The minimum absolute atomic E-state index is 0.0420. The molecule has 1 fully saturated rings. The van der Waals surface area contributed by atoms with Crippen LogP contribution in [0.5, 0.6) is 17.4 Å². The van der Waals surface area contributed by atoms with Crippen molar-refractivity contribution in [3.05, 3.63) is 118 Å². The third-order valence-corrected chi connectivity index (χ3v) is 7.59. The Labute approximate surface area is 251 Å². The van der Waals surface area contributed by atoms with Gasteiger partial charge in [0.15, 0.2) is 0 Å². The maximum Gasteiger partial charge on any atom is 0.352 e. The van der Waals surface area contributed by atoms with Gasteiger partial charge in [-0.2, -0.15) is 4.98 Å². The minimum Gasteiger partial charge on any atom is -0.497 e. The second-order valence-corrected chi connectivity index (χ2v) is 10.8. The van der Waals surface area contributed by atoms with Crippen LogP contribution in [0.25, 0.3) is 0 Å². The van der Waals surface area contributed by atoms with Gasteiger partial charge in [-0.1, -0.05) is 54.6 Å². The van der Waals surface area contributed by atoms with E-state index in [1.165, 1.54) is 4.57 Å². The molecule has 0 saturated carbocycles. The summed E-state index contributed by atoms with van der Waals surface area (Å²) in [5.74, 6) is 1.73. The molecule has 0 radical (unpaired) electrons. The van der Waals surface area contributed by atoms with Gasteiger partial charge in [-0.15, -0.1) is 0 Å². The Bertz CT molecular complexity index is 1510. The van der Waals surface area contributed by atoms with Crippen LogP contribution in [-0.2, 0) is 15.1 Å². The van der Waals surface area contributed by atoms with Gasteiger partial charge in [0, 0.05) is 18.2 Å². The topological polar surface area (TPSA) is 101 Å². The van der Waals surface area contributed by atoms with Crippen molar-refractivity contribution in [2.45, 2.75) is 57.3 Å². The molecule has 1 aliphatic rings. The zero-order chi connectivity index (χ0) is 30.6. The average Bonchev–Trinajstić information content (AvgIpc) is 3.39. The molecule has 3 atom stereocenters. The first-order valence-corrected chi connectivity index (χ1v) is 14.3. The number of aliphatic hydroxyl groups excluding tert-OH is 1. The molecular weight excluding hydrogens is 548 g/mol. The van der Waals surface area contributed by atoms with Crippen molar-refractivity contribution in [3.63, 3.8) is 0 Å². The summed E-state index contributed by atoms with van der Waals surface area (Å²) in [4.78, 5) is 17.0. The van der Waals surface area contributed by atoms with Crippen LogP contribution in [0.15, 0.2) is 89.9 Å². The standard InChI is InChI=1S/C34H38N2O7/c1-22(2)42-32-23(3)20-36(33(38)35-32)31-19-29(37)30(43-31)21-41-34(24-9-7-6-8-10-24,25-11-15-27(39-4)16-12-25)26-13-17-28(40-5)18-14-26/h6-18,20,22,29-31,37H,19,21H2,1-5H3/t29-,30+,31+/m0/s1. The zero-order valence-electron chi connectivity index (χ0n) is 25.1. The van der Waals surface area contributed by atoms with Gasteiger partial charge < -0.3 is 28.8 Å². The van der Waals surface area contributed by atoms with Crippen molar-refractivity contribution in [1.29, 1.82) is 0 Å². The number of methoxy groups -OCH3 is 2. The molecule has 9 nitrogen and oxygen atoms in total. The molecule has 43 heavy (non-hydrogen) atoms. The third-order valence-electron chi connectivity index (χ3n) is 7.59. The van der Waals surface area contributed by atoms with E-state index in [1.807, 2.05) is 99.6 Å². The van der Waals surface area contributed by atoms with Gasteiger partial charge in [-0.25, -0.2) is 4.79 Å². The van der Waals surface area contributed by atoms with Crippen molar-refractivity contribution in [3.8, 4) is 17.4 Å². The number of aryl methyl sites for hydroxylation is 1. The van der Waals surface area contributed by atoms with Gasteiger partial charge in [0.1, 0.15) is 29.4 Å². The van der Waals surface area contributed by atoms with E-state index in [2.05, 4.69) is 4.98 Å². The predicted molar refractivity (Wildman–Crippen MR) is 162 cm³/mol. The summed E-state index contributed by atoms with van der Waals surface area (Å²) in [6, 6.07) is 25.4. The van der Waals surface area contributed by atoms with Crippen LogP contribution >= 0.6 is 0 Å². The Hall–Kier alpha value is -4.18. The monoisotopic (exact) mass is 586 g/mol. The molecule has 4 aromatic rings. The summed E-state index contributed by atoms with van der Waals surface area (Å²) in [5.41, 5.74) is 1.76. The summed E-state index contributed by atoms with van der Waals surface area (Å²) in [5, 5.41) is 11.1. The fourth-order valence-electron chi connectivity index (χ4n) is 5.42. The quantitative estimate of drug-likeness (QED) is 0.245. The molecule has 0 spiro atoms. The van der Waals surface area contributed by atoms with Gasteiger partial charge in [-0.05, 0) is 61.7 Å². The average molecular weight is 587 g/mol. The van der Waals surface area contributed by atoms with Crippen LogP contribution in [0.1, 0.15) is 48.8 Å². The van der Waals surface area contributed by atoms with E-state index >= 15 is 0 Å². The van der Waals surface area contributed by atoms with Crippen LogP contribution in [-0.4, -0.2) is 53.8 Å². The lowest BCUT2D eigenvalue weighted by molar-refractivity contribution is -0.0944. The van der Waals surface area contributed by atoms with Gasteiger partial charge in [0.2, 0.25) is 5.88 Å². The SMILES string of the molecule is COc1ccc(C(OC[C@H]2O[C@@H](n3cc(C)c(OC(C)C)nc3=O)C[C@@H]2O)(c2ccccc2)c2ccc(OC)cc2)cc1. The summed E-state index contributed by atoms with van der Waals surface area (Å²) in [6.45, 7) is 5.62. The highest BCUT2D eigenvalue weighted by Crippen LogP contribution is 2.42. The van der Waals surface area contributed by atoms with Gasteiger partial charge in [0.25, 0.3) is 0 Å². The molecule has 9 heteroatoms. The summed E-state index contributed by atoms with van der Waals surface area (Å²) in [7, 11) is 3.25. The molecule has 0 aliphatic carbocycles. The summed E-state index contributed by atoms with van der Waals surface area (Å²) >= 11 is 0. The maximum atomic E-state index is 12.9. The largest absolute Gasteiger partial charge is 0.497 e. The lowest BCUT2D eigenvalue weighted by atomic mass is 9.80. The number of aliphatic hydroxyl groups is 1. The van der Waals surface area contributed by atoms with Crippen molar-refractivity contribution in [2.24, 2.45) is 0 Å². The molecule has 5 rings (SSSR count). The number of aromatic nitrogens is 2. The van der Waals surface area contributed by atoms with Crippen molar-refractivity contribution in [1.82, 2.24) is 9.55 Å². The van der Waals surface area contributed by atoms with E-state index in [4.69, 9.17) is 23.7 Å². The first kappa shape index (κ1) is 30.3. The van der Waals surface area contributed by atoms with Crippen LogP contribution in [0.4, 0.5) is 0 Å². The molecule has 0 bridgehead atoms. The highest BCUT2D eigenvalue weighted by atomic mass is 16.6. The smallest absolute Gasteiger partial charge is 0.352 e. The molecular formula is C34H38N2O7. The number of rotatable bonds is 11. The third kappa shape index (κ3) is 6.29. The van der Waals surface area contributed by atoms with E-state index in [0.29, 0.717) is 11.4 Å². The lowest BCUT2D eigenvalue weighted by Crippen LogP contribution is -2.38. The number of hydrogen-bond acceptors (Lipinski definition) is 8. The van der Waals surface area contributed by atoms with E-state index < -0.39 is 29.7 Å². The normalized spacial score (nSPS) is 18.5. The second kappa shape index (κ2) is 13.0. The highest BCUT2D eigenvalue weighted by Gasteiger charge is 2.42. The van der Waals surface area contributed by atoms with Crippen LogP contribution in [0.3, 0.4) is 0 Å². The van der Waals surface area contributed by atoms with Crippen molar-refractivity contribution in [2.75, 3.05) is 20.8 Å². The molecule has 1 aliphatic heterocycles. The summed E-state index contributed by atoms with van der Waals surface area (Å²) in [6.07, 6.45) is -0.524. The first-order chi connectivity index (χ1) is 20.7.